The number of para-hydroxylation sites is 1. The van der Waals surface area contributed by atoms with Crippen LogP contribution >= 0.6 is 12.4 Å². The Bertz CT molecular complexity index is 932. The van der Waals surface area contributed by atoms with Crippen molar-refractivity contribution in [3.8, 4) is 5.75 Å². The molecular formula is C20H20ClF5N2O. The van der Waals surface area contributed by atoms with E-state index in [0.29, 0.717) is 25.0 Å². The van der Waals surface area contributed by atoms with Crippen LogP contribution in [0.5, 0.6) is 5.75 Å². The van der Waals surface area contributed by atoms with Gasteiger partial charge in [-0.25, -0.2) is 13.2 Å². The molecule has 3 rings (SSSR count). The van der Waals surface area contributed by atoms with E-state index >= 15 is 0 Å². The van der Waals surface area contributed by atoms with Crippen molar-refractivity contribution < 1.29 is 26.7 Å². The first-order valence-corrected chi connectivity index (χ1v) is 8.70. The van der Waals surface area contributed by atoms with Gasteiger partial charge < -0.3 is 15.0 Å². The molecule has 0 fully saturated rings. The maximum absolute atomic E-state index is 13.7. The highest BCUT2D eigenvalue weighted by molar-refractivity contribution is 5.85. The normalized spacial score (nSPS) is 11.7. The lowest BCUT2D eigenvalue weighted by Gasteiger charge is -2.16. The molecule has 158 valence electrons. The summed E-state index contributed by atoms with van der Waals surface area (Å²) in [6.45, 7) is -0.324. The Morgan fingerprint density at radius 3 is 2.62 bits per heavy atom. The van der Waals surface area contributed by atoms with Crippen molar-refractivity contribution in [3.63, 3.8) is 0 Å². The molecular weight excluding hydrogens is 415 g/mol. The van der Waals surface area contributed by atoms with Crippen LogP contribution in [-0.2, 0) is 13.0 Å². The molecule has 0 amide bonds. The summed E-state index contributed by atoms with van der Waals surface area (Å²) in [7, 11) is 0. The van der Waals surface area contributed by atoms with Gasteiger partial charge >= 0.3 is 12.3 Å². The number of hydrogen-bond acceptors (Lipinski definition) is 2. The van der Waals surface area contributed by atoms with E-state index in [1.165, 1.54) is 18.2 Å². The summed E-state index contributed by atoms with van der Waals surface area (Å²) in [5.74, 6) is -4.38. The van der Waals surface area contributed by atoms with Gasteiger partial charge in [0.05, 0.1) is 5.52 Å². The average Bonchev–Trinajstić information content (AvgIpc) is 3.08. The Morgan fingerprint density at radius 1 is 1.10 bits per heavy atom. The van der Waals surface area contributed by atoms with Gasteiger partial charge in [0, 0.05) is 18.1 Å². The number of aromatic amines is 1. The lowest BCUT2D eigenvalue weighted by Crippen LogP contribution is -2.33. The highest BCUT2D eigenvalue weighted by atomic mass is 35.5. The summed E-state index contributed by atoms with van der Waals surface area (Å²) in [4.78, 5) is 2.92. The lowest BCUT2D eigenvalue weighted by atomic mass is 10.1. The summed E-state index contributed by atoms with van der Waals surface area (Å²) < 4.78 is 68.7. The minimum Gasteiger partial charge on any atom is -0.487 e. The predicted octanol–water partition coefficient (Wildman–Crippen LogP) is 5.34. The van der Waals surface area contributed by atoms with E-state index in [2.05, 4.69) is 10.3 Å². The molecule has 0 unspecified atom stereocenters. The standard InChI is InChI=1S/C20H19F5N2O.ClH/c21-17-6-2-5-16-14(11-27-18(16)17)7-8-26-10-13-3-1-4-15(9-13)28-12-20(24,25)19(22)23;/h1-6,9,11,19,26-27H,7-8,10,12H2;1H. The number of nitrogens with one attached hydrogen (secondary N) is 2. The number of halogens is 6. The molecule has 0 aliphatic heterocycles. The molecule has 3 aromatic rings. The van der Waals surface area contributed by atoms with Crippen molar-refractivity contribution in [2.45, 2.75) is 25.3 Å². The molecule has 9 heteroatoms. The number of rotatable bonds is 9. The summed E-state index contributed by atoms with van der Waals surface area (Å²) in [6, 6.07) is 11.2. The molecule has 1 aromatic heterocycles. The van der Waals surface area contributed by atoms with Gasteiger partial charge in [-0.2, -0.15) is 8.78 Å². The van der Waals surface area contributed by atoms with E-state index in [1.807, 2.05) is 6.07 Å². The van der Waals surface area contributed by atoms with Crippen LogP contribution in [-0.4, -0.2) is 30.5 Å². The van der Waals surface area contributed by atoms with Crippen LogP contribution in [0.2, 0.25) is 0 Å². The molecule has 3 nitrogen and oxygen atoms in total. The van der Waals surface area contributed by atoms with Crippen molar-refractivity contribution in [1.82, 2.24) is 10.3 Å². The predicted molar refractivity (Wildman–Crippen MR) is 104 cm³/mol. The summed E-state index contributed by atoms with van der Waals surface area (Å²) >= 11 is 0. The third-order valence-corrected chi connectivity index (χ3v) is 4.30. The van der Waals surface area contributed by atoms with Crippen molar-refractivity contribution >= 4 is 23.3 Å². The van der Waals surface area contributed by atoms with E-state index in [9.17, 15) is 22.0 Å². The summed E-state index contributed by atoms with van der Waals surface area (Å²) in [6.07, 6.45) is -1.33. The van der Waals surface area contributed by atoms with Crippen LogP contribution in [0.25, 0.3) is 10.9 Å². The molecule has 2 N–H and O–H groups in total. The van der Waals surface area contributed by atoms with E-state index in [-0.39, 0.29) is 24.0 Å². The SMILES string of the molecule is Cl.Fc1cccc2c(CCNCc3cccc(OCC(F)(F)C(F)F)c3)c[nH]c12. The second-order valence-electron chi connectivity index (χ2n) is 6.40. The van der Waals surface area contributed by atoms with Crippen LogP contribution in [0.3, 0.4) is 0 Å². The zero-order valence-corrected chi connectivity index (χ0v) is 16.0. The zero-order chi connectivity index (χ0) is 20.1. The smallest absolute Gasteiger partial charge is 0.340 e. The molecule has 29 heavy (non-hydrogen) atoms. The number of alkyl halides is 4. The van der Waals surface area contributed by atoms with Gasteiger partial charge in [0.2, 0.25) is 0 Å². The molecule has 2 aromatic carbocycles. The maximum Gasteiger partial charge on any atom is 0.340 e. The molecule has 0 saturated heterocycles. The molecule has 0 aliphatic rings. The lowest BCUT2D eigenvalue weighted by molar-refractivity contribution is -0.148. The van der Waals surface area contributed by atoms with Crippen LogP contribution < -0.4 is 10.1 Å². The van der Waals surface area contributed by atoms with Gasteiger partial charge in [-0.3, -0.25) is 0 Å². The first-order valence-electron chi connectivity index (χ1n) is 8.70. The van der Waals surface area contributed by atoms with Gasteiger partial charge in [0.1, 0.15) is 11.6 Å². The van der Waals surface area contributed by atoms with E-state index in [1.54, 1.807) is 24.4 Å². The third kappa shape index (κ3) is 5.83. The van der Waals surface area contributed by atoms with Crippen LogP contribution in [0, 0.1) is 5.82 Å². The second kappa shape index (κ2) is 9.93. The molecule has 1 heterocycles. The Morgan fingerprint density at radius 2 is 1.86 bits per heavy atom. The minimum absolute atomic E-state index is 0. The van der Waals surface area contributed by atoms with Gasteiger partial charge in [0.15, 0.2) is 6.61 Å². The summed E-state index contributed by atoms with van der Waals surface area (Å²) in [5.41, 5.74) is 2.22. The van der Waals surface area contributed by atoms with E-state index in [4.69, 9.17) is 4.74 Å². The average molecular weight is 435 g/mol. The van der Waals surface area contributed by atoms with E-state index < -0.39 is 19.0 Å². The van der Waals surface area contributed by atoms with Crippen molar-refractivity contribution in [2.24, 2.45) is 0 Å². The quantitative estimate of drug-likeness (QED) is 0.352. The Kier molecular flexibility index (Phi) is 7.87. The van der Waals surface area contributed by atoms with Crippen molar-refractivity contribution in [2.75, 3.05) is 13.2 Å². The summed E-state index contributed by atoms with van der Waals surface area (Å²) in [5, 5.41) is 4.04. The number of ether oxygens (including phenoxy) is 1. The Hall–Kier alpha value is -2.32. The monoisotopic (exact) mass is 434 g/mol. The van der Waals surface area contributed by atoms with E-state index in [0.717, 1.165) is 16.5 Å². The number of aromatic nitrogens is 1. The molecule has 0 radical (unpaired) electrons. The van der Waals surface area contributed by atoms with Gasteiger partial charge in [0.25, 0.3) is 0 Å². The van der Waals surface area contributed by atoms with Crippen LogP contribution in [0.15, 0.2) is 48.7 Å². The van der Waals surface area contributed by atoms with Gasteiger partial charge in [-0.1, -0.05) is 24.3 Å². The number of benzene rings is 2. The minimum atomic E-state index is -4.19. The second-order valence-corrected chi connectivity index (χ2v) is 6.40. The fourth-order valence-electron chi connectivity index (χ4n) is 2.83. The highest BCUT2D eigenvalue weighted by Gasteiger charge is 2.41. The van der Waals surface area contributed by atoms with Crippen molar-refractivity contribution in [3.05, 3.63) is 65.6 Å². The van der Waals surface area contributed by atoms with Gasteiger partial charge in [-0.15, -0.1) is 12.4 Å². The van der Waals surface area contributed by atoms with Crippen molar-refractivity contribution in [1.29, 1.82) is 0 Å². The molecule has 0 aliphatic carbocycles. The zero-order valence-electron chi connectivity index (χ0n) is 15.2. The fourth-order valence-corrected chi connectivity index (χ4v) is 2.83. The molecule has 0 bridgehead atoms. The fraction of sp³-hybridized carbons (Fsp3) is 0.300. The Labute approximate surface area is 170 Å². The van der Waals surface area contributed by atoms with Crippen LogP contribution in [0.1, 0.15) is 11.1 Å². The third-order valence-electron chi connectivity index (χ3n) is 4.30. The Balaban J connectivity index is 0.00000300. The number of hydrogen-bond donors (Lipinski definition) is 2. The van der Waals surface area contributed by atoms with Gasteiger partial charge in [-0.05, 0) is 42.3 Å². The number of fused-ring (bicyclic) bond motifs is 1. The largest absolute Gasteiger partial charge is 0.487 e. The topological polar surface area (TPSA) is 37.0 Å². The first kappa shape index (κ1) is 23.0. The first-order chi connectivity index (χ1) is 13.4. The maximum atomic E-state index is 13.7. The van der Waals surface area contributed by atoms with Crippen LogP contribution in [0.4, 0.5) is 22.0 Å². The molecule has 0 saturated carbocycles. The number of H-pyrrole nitrogens is 1. The molecule has 0 atom stereocenters. The highest BCUT2D eigenvalue weighted by Crippen LogP contribution is 2.25. The molecule has 0 spiro atoms.